The topological polar surface area (TPSA) is 66.6 Å². The monoisotopic (exact) mass is 222 g/mol. The van der Waals surface area contributed by atoms with Crippen LogP contribution in [-0.4, -0.2) is 41.2 Å². The van der Waals surface area contributed by atoms with Crippen molar-refractivity contribution >= 4 is 6.09 Å². The third-order valence-corrected chi connectivity index (χ3v) is 3.20. The smallest absolute Gasteiger partial charge is 0.407 e. The van der Waals surface area contributed by atoms with Crippen LogP contribution < -0.4 is 5.73 Å². The molecule has 0 aromatic rings. The van der Waals surface area contributed by atoms with Crippen LogP contribution in [0.2, 0.25) is 0 Å². The number of carboxylic acid groups (broad SMARTS) is 1. The van der Waals surface area contributed by atoms with Crippen LogP contribution in [0.25, 0.3) is 0 Å². The maximum Gasteiger partial charge on any atom is 0.407 e. The normalized spacial score (nSPS) is 35.3. The van der Waals surface area contributed by atoms with Gasteiger partial charge in [-0.05, 0) is 6.92 Å². The molecular formula is C9H16F2N2O2. The molecular weight excluding hydrogens is 206 g/mol. The van der Waals surface area contributed by atoms with Gasteiger partial charge in [-0.25, -0.2) is 13.6 Å². The van der Waals surface area contributed by atoms with Crippen molar-refractivity contribution in [3.05, 3.63) is 0 Å². The zero-order chi connectivity index (χ0) is 11.8. The molecule has 1 fully saturated rings. The van der Waals surface area contributed by atoms with Gasteiger partial charge in [-0.1, -0.05) is 6.92 Å². The number of likely N-dealkylation sites (tertiary alicyclic amines) is 1. The minimum atomic E-state index is -2.89. The molecule has 0 spiro atoms. The van der Waals surface area contributed by atoms with E-state index < -0.39 is 29.9 Å². The third-order valence-electron chi connectivity index (χ3n) is 3.20. The fourth-order valence-electron chi connectivity index (χ4n) is 2.09. The summed E-state index contributed by atoms with van der Waals surface area (Å²) in [5.41, 5.74) is 5.29. The van der Waals surface area contributed by atoms with Gasteiger partial charge in [0.15, 0.2) is 0 Å². The summed E-state index contributed by atoms with van der Waals surface area (Å²) in [5, 5.41) is 8.85. The number of nitrogens with two attached hydrogens (primary N) is 1. The molecule has 0 bridgehead atoms. The van der Waals surface area contributed by atoms with E-state index in [2.05, 4.69) is 0 Å². The molecule has 3 N–H and O–H groups in total. The van der Waals surface area contributed by atoms with Crippen LogP contribution in [0.15, 0.2) is 0 Å². The quantitative estimate of drug-likeness (QED) is 0.701. The first-order chi connectivity index (χ1) is 6.82. The Balaban J connectivity index is 2.95. The molecule has 1 aliphatic rings. The number of amides is 1. The Morgan fingerprint density at radius 3 is 2.53 bits per heavy atom. The fourth-order valence-corrected chi connectivity index (χ4v) is 2.09. The van der Waals surface area contributed by atoms with Gasteiger partial charge in [0.05, 0.1) is 5.92 Å². The lowest BCUT2D eigenvalue weighted by atomic mass is 9.81. The van der Waals surface area contributed by atoms with Gasteiger partial charge in [-0.15, -0.1) is 0 Å². The van der Waals surface area contributed by atoms with Crippen molar-refractivity contribution in [3.63, 3.8) is 0 Å². The van der Waals surface area contributed by atoms with E-state index in [1.54, 1.807) is 0 Å². The molecule has 1 saturated heterocycles. The molecule has 0 saturated carbocycles. The van der Waals surface area contributed by atoms with Crippen LogP contribution in [0.5, 0.6) is 0 Å². The predicted molar refractivity (Wildman–Crippen MR) is 50.8 cm³/mol. The standard InChI is InChI=1S/C9H16F2N2O2/c1-5-4-13(8(14)15)6(2)7(3-12)9(5,10)11/h5-7H,3-4,12H2,1-2H3,(H,14,15). The fraction of sp³-hybridized carbons (Fsp3) is 0.889. The number of rotatable bonds is 1. The lowest BCUT2D eigenvalue weighted by Gasteiger charge is -2.45. The number of halogens is 2. The molecule has 3 unspecified atom stereocenters. The second kappa shape index (κ2) is 3.92. The largest absolute Gasteiger partial charge is 0.465 e. The molecule has 0 aromatic carbocycles. The zero-order valence-corrected chi connectivity index (χ0v) is 8.78. The summed E-state index contributed by atoms with van der Waals surface area (Å²) >= 11 is 0. The van der Waals surface area contributed by atoms with E-state index in [0.29, 0.717) is 0 Å². The van der Waals surface area contributed by atoms with Crippen LogP contribution >= 0.6 is 0 Å². The van der Waals surface area contributed by atoms with Crippen molar-refractivity contribution in [3.8, 4) is 0 Å². The number of hydrogen-bond acceptors (Lipinski definition) is 2. The van der Waals surface area contributed by atoms with E-state index >= 15 is 0 Å². The van der Waals surface area contributed by atoms with Gasteiger partial charge in [0, 0.05) is 25.0 Å². The summed E-state index contributed by atoms with van der Waals surface area (Å²) < 4.78 is 27.3. The number of nitrogens with zero attached hydrogens (tertiary/aromatic N) is 1. The maximum absolute atomic E-state index is 13.7. The summed E-state index contributed by atoms with van der Waals surface area (Å²) in [5.74, 6) is -4.98. The predicted octanol–water partition coefficient (Wildman–Crippen LogP) is 1.21. The van der Waals surface area contributed by atoms with Crippen LogP contribution in [0.3, 0.4) is 0 Å². The third kappa shape index (κ3) is 1.90. The Bertz CT molecular complexity index is 260. The summed E-state index contributed by atoms with van der Waals surface area (Å²) in [7, 11) is 0. The molecule has 1 rings (SSSR count). The molecule has 0 aromatic heterocycles. The molecule has 0 radical (unpaired) electrons. The van der Waals surface area contributed by atoms with Crippen LogP contribution in [0.4, 0.5) is 13.6 Å². The van der Waals surface area contributed by atoms with Gasteiger partial charge >= 0.3 is 6.09 Å². The molecule has 15 heavy (non-hydrogen) atoms. The van der Waals surface area contributed by atoms with Gasteiger partial charge < -0.3 is 15.7 Å². The van der Waals surface area contributed by atoms with E-state index in [4.69, 9.17) is 10.8 Å². The van der Waals surface area contributed by atoms with E-state index in [-0.39, 0.29) is 13.1 Å². The number of carbonyl (C=O) groups is 1. The van der Waals surface area contributed by atoms with Crippen LogP contribution in [0.1, 0.15) is 13.8 Å². The first-order valence-corrected chi connectivity index (χ1v) is 4.89. The Morgan fingerprint density at radius 1 is 1.60 bits per heavy atom. The Morgan fingerprint density at radius 2 is 2.13 bits per heavy atom. The SMILES string of the molecule is CC1C(CN)C(F)(F)C(C)CN1C(=O)O. The summed E-state index contributed by atoms with van der Waals surface area (Å²) in [6.45, 7) is 2.48. The molecule has 88 valence electrons. The minimum absolute atomic E-state index is 0.139. The second-order valence-corrected chi connectivity index (χ2v) is 4.09. The van der Waals surface area contributed by atoms with Gasteiger partial charge in [0.25, 0.3) is 5.92 Å². The molecule has 3 atom stereocenters. The highest BCUT2D eigenvalue weighted by molar-refractivity contribution is 5.65. The van der Waals surface area contributed by atoms with E-state index in [0.717, 1.165) is 4.90 Å². The number of alkyl halides is 2. The average molecular weight is 222 g/mol. The first-order valence-electron chi connectivity index (χ1n) is 4.89. The summed E-state index contributed by atoms with van der Waals surface area (Å²) in [4.78, 5) is 11.9. The van der Waals surface area contributed by atoms with E-state index in [9.17, 15) is 13.6 Å². The van der Waals surface area contributed by atoms with Crippen molar-refractivity contribution in [2.75, 3.05) is 13.1 Å². The van der Waals surface area contributed by atoms with Crippen molar-refractivity contribution in [2.45, 2.75) is 25.8 Å². The van der Waals surface area contributed by atoms with Gasteiger partial charge in [0.2, 0.25) is 0 Å². The molecule has 0 aliphatic carbocycles. The minimum Gasteiger partial charge on any atom is -0.465 e. The number of piperidine rings is 1. The lowest BCUT2D eigenvalue weighted by molar-refractivity contribution is -0.154. The van der Waals surface area contributed by atoms with Gasteiger partial charge in [-0.2, -0.15) is 0 Å². The summed E-state index contributed by atoms with van der Waals surface area (Å²) in [6.07, 6.45) is -1.16. The average Bonchev–Trinajstić information content (AvgIpc) is 2.11. The molecule has 1 aliphatic heterocycles. The molecule has 4 nitrogen and oxygen atoms in total. The molecule has 1 amide bonds. The van der Waals surface area contributed by atoms with Crippen LogP contribution in [0, 0.1) is 11.8 Å². The zero-order valence-electron chi connectivity index (χ0n) is 8.78. The van der Waals surface area contributed by atoms with Crippen LogP contribution in [-0.2, 0) is 0 Å². The molecule has 1 heterocycles. The van der Waals surface area contributed by atoms with Crippen molar-refractivity contribution < 1.29 is 18.7 Å². The van der Waals surface area contributed by atoms with E-state index in [1.807, 2.05) is 0 Å². The highest BCUT2D eigenvalue weighted by atomic mass is 19.3. The number of hydrogen-bond donors (Lipinski definition) is 2. The van der Waals surface area contributed by atoms with Crippen molar-refractivity contribution in [1.29, 1.82) is 0 Å². The van der Waals surface area contributed by atoms with E-state index in [1.165, 1.54) is 13.8 Å². The lowest BCUT2D eigenvalue weighted by Crippen LogP contribution is -2.60. The van der Waals surface area contributed by atoms with Crippen molar-refractivity contribution in [1.82, 2.24) is 4.90 Å². The Labute approximate surface area is 87.0 Å². The Hall–Kier alpha value is -0.910. The van der Waals surface area contributed by atoms with Gasteiger partial charge in [-0.3, -0.25) is 0 Å². The molecule has 6 heteroatoms. The highest BCUT2D eigenvalue weighted by Gasteiger charge is 2.53. The maximum atomic E-state index is 13.7. The second-order valence-electron chi connectivity index (χ2n) is 4.09. The highest BCUT2D eigenvalue weighted by Crippen LogP contribution is 2.40. The first kappa shape index (κ1) is 12.2. The Kier molecular flexibility index (Phi) is 3.18. The summed E-state index contributed by atoms with van der Waals surface area (Å²) in [6, 6.07) is -0.737. The van der Waals surface area contributed by atoms with Gasteiger partial charge in [0.1, 0.15) is 0 Å². The van der Waals surface area contributed by atoms with Crippen molar-refractivity contribution in [2.24, 2.45) is 17.6 Å².